The molecule has 0 spiro atoms. The molecule has 1 aliphatic heterocycles. The first kappa shape index (κ1) is 4.73. The van der Waals surface area contributed by atoms with Crippen LogP contribution in [0, 0.1) is 0 Å². The van der Waals surface area contributed by atoms with Crippen LogP contribution in [0.3, 0.4) is 0 Å². The summed E-state index contributed by atoms with van der Waals surface area (Å²) in [7, 11) is 0. The van der Waals surface area contributed by atoms with Gasteiger partial charge >= 0.3 is 0 Å². The minimum atomic E-state index is -0.181. The van der Waals surface area contributed by atoms with Gasteiger partial charge in [-0.3, -0.25) is 5.43 Å². The molecule has 5 heteroatoms. The van der Waals surface area contributed by atoms with Crippen molar-refractivity contribution in [3.63, 3.8) is 0 Å². The van der Waals surface area contributed by atoms with E-state index in [0.717, 1.165) is 0 Å². The highest BCUT2D eigenvalue weighted by atomic mass is 32.1. The molecule has 1 atom stereocenters. The lowest BCUT2D eigenvalue weighted by Gasteiger charge is -1.93. The maximum Gasteiger partial charge on any atom is 0.205 e. The molecule has 0 aromatic heterocycles. The van der Waals surface area contributed by atoms with Crippen molar-refractivity contribution in [2.24, 2.45) is 10.7 Å². The predicted octanol–water partition coefficient (Wildman–Crippen LogP) is -1.38. The fourth-order valence-corrected chi connectivity index (χ4v) is 0.524. The topological polar surface area (TPSA) is 62.4 Å². The first-order chi connectivity index (χ1) is 3.29. The summed E-state index contributed by atoms with van der Waals surface area (Å²) in [5.41, 5.74) is 10.2. The number of hydrazine groups is 1. The molecule has 1 heterocycles. The van der Waals surface area contributed by atoms with Crippen LogP contribution in [0.4, 0.5) is 0 Å². The molecule has 0 aliphatic carbocycles. The van der Waals surface area contributed by atoms with Gasteiger partial charge in [-0.2, -0.15) is 0 Å². The van der Waals surface area contributed by atoms with E-state index in [1.165, 1.54) is 0 Å². The first-order valence-corrected chi connectivity index (χ1v) is 2.33. The largest absolute Gasteiger partial charge is 0.369 e. The second-order valence-corrected chi connectivity index (χ2v) is 1.65. The zero-order chi connectivity index (χ0) is 5.28. The highest BCUT2D eigenvalue weighted by Crippen LogP contribution is 1.92. The molecule has 0 bridgehead atoms. The van der Waals surface area contributed by atoms with Gasteiger partial charge in [0.2, 0.25) is 5.96 Å². The average Bonchev–Trinajstić information content (AvgIpc) is 1.87. The summed E-state index contributed by atoms with van der Waals surface area (Å²) >= 11 is 3.91. The quantitative estimate of drug-likeness (QED) is 0.296. The SMILES string of the molecule is NC1=NC(S)NN1. The lowest BCUT2D eigenvalue weighted by atomic mass is 11.1. The van der Waals surface area contributed by atoms with Crippen LogP contribution >= 0.6 is 12.6 Å². The van der Waals surface area contributed by atoms with Crippen LogP contribution in [0.25, 0.3) is 0 Å². The maximum absolute atomic E-state index is 5.15. The average molecular weight is 118 g/mol. The molecule has 0 aromatic rings. The fourth-order valence-electron chi connectivity index (χ4n) is 0.335. The molecule has 0 fully saturated rings. The van der Waals surface area contributed by atoms with Gasteiger partial charge in [0.1, 0.15) is 0 Å². The van der Waals surface area contributed by atoms with Gasteiger partial charge < -0.3 is 5.73 Å². The molecule has 4 nitrogen and oxygen atoms in total. The molecule has 1 unspecified atom stereocenters. The van der Waals surface area contributed by atoms with E-state index in [0.29, 0.717) is 5.96 Å². The van der Waals surface area contributed by atoms with E-state index >= 15 is 0 Å². The van der Waals surface area contributed by atoms with Crippen molar-refractivity contribution in [3.05, 3.63) is 0 Å². The van der Waals surface area contributed by atoms with Crippen LogP contribution in [0.15, 0.2) is 4.99 Å². The fraction of sp³-hybridized carbons (Fsp3) is 0.500. The lowest BCUT2D eigenvalue weighted by Crippen LogP contribution is -2.36. The van der Waals surface area contributed by atoms with Crippen LogP contribution in [-0.2, 0) is 0 Å². The molecular formula is C2H6N4S. The number of guanidine groups is 1. The third-order valence-electron chi connectivity index (χ3n) is 0.591. The Bertz CT molecular complexity index is 99.9. The van der Waals surface area contributed by atoms with E-state index in [9.17, 15) is 0 Å². The van der Waals surface area contributed by atoms with Crippen molar-refractivity contribution >= 4 is 18.6 Å². The van der Waals surface area contributed by atoms with Gasteiger partial charge in [0.15, 0.2) is 5.50 Å². The third kappa shape index (κ3) is 0.971. The number of nitrogens with zero attached hydrogens (tertiary/aromatic N) is 1. The van der Waals surface area contributed by atoms with Crippen LogP contribution in [0.1, 0.15) is 0 Å². The van der Waals surface area contributed by atoms with Crippen molar-refractivity contribution in [3.8, 4) is 0 Å². The highest BCUT2D eigenvalue weighted by Gasteiger charge is 2.05. The summed E-state index contributed by atoms with van der Waals surface area (Å²) in [4.78, 5) is 3.73. The molecule has 1 aliphatic rings. The van der Waals surface area contributed by atoms with Crippen molar-refractivity contribution in [2.75, 3.05) is 0 Å². The number of hydrogen-bond donors (Lipinski definition) is 4. The van der Waals surface area contributed by atoms with E-state index in [4.69, 9.17) is 5.73 Å². The molecule has 0 amide bonds. The van der Waals surface area contributed by atoms with E-state index in [-0.39, 0.29) is 5.50 Å². The predicted molar refractivity (Wildman–Crippen MR) is 30.7 cm³/mol. The second-order valence-electron chi connectivity index (χ2n) is 1.16. The summed E-state index contributed by atoms with van der Waals surface area (Å²) < 4.78 is 0. The Kier molecular flexibility index (Phi) is 1.07. The normalized spacial score (nSPS) is 29.3. The minimum absolute atomic E-state index is 0.181. The Labute approximate surface area is 46.6 Å². The van der Waals surface area contributed by atoms with Gasteiger partial charge in [-0.25, -0.2) is 10.4 Å². The summed E-state index contributed by atoms with van der Waals surface area (Å²) in [6.45, 7) is 0. The number of nitrogens with two attached hydrogens (primary N) is 1. The van der Waals surface area contributed by atoms with Crippen molar-refractivity contribution in [1.82, 2.24) is 10.9 Å². The summed E-state index contributed by atoms with van der Waals surface area (Å²) in [5.74, 6) is 0.389. The van der Waals surface area contributed by atoms with Crippen LogP contribution in [-0.4, -0.2) is 11.5 Å². The maximum atomic E-state index is 5.15. The van der Waals surface area contributed by atoms with Crippen molar-refractivity contribution in [2.45, 2.75) is 5.50 Å². The van der Waals surface area contributed by atoms with Gasteiger partial charge in [0.25, 0.3) is 0 Å². The molecular weight excluding hydrogens is 112 g/mol. The Morgan fingerprint density at radius 3 is 2.71 bits per heavy atom. The summed E-state index contributed by atoms with van der Waals surface area (Å²) in [6, 6.07) is 0. The van der Waals surface area contributed by atoms with Crippen LogP contribution < -0.4 is 16.6 Å². The first-order valence-electron chi connectivity index (χ1n) is 1.82. The van der Waals surface area contributed by atoms with Gasteiger partial charge in [-0.05, 0) is 0 Å². The standard InChI is InChI=1S/C2H6N4S/c3-1-4-2(7)6-5-1/h2,6-7H,(H3,3,4,5). The smallest absolute Gasteiger partial charge is 0.205 e. The van der Waals surface area contributed by atoms with Gasteiger partial charge in [0, 0.05) is 0 Å². The van der Waals surface area contributed by atoms with E-state index in [2.05, 4.69) is 28.5 Å². The van der Waals surface area contributed by atoms with E-state index < -0.39 is 0 Å². The molecule has 0 radical (unpaired) electrons. The number of thiol groups is 1. The van der Waals surface area contributed by atoms with E-state index in [1.807, 2.05) is 0 Å². The summed E-state index contributed by atoms with van der Waals surface area (Å²) in [6.07, 6.45) is 0. The Morgan fingerprint density at radius 2 is 2.57 bits per heavy atom. The number of hydrogen-bond acceptors (Lipinski definition) is 5. The Hall–Kier alpha value is -0.420. The van der Waals surface area contributed by atoms with Crippen molar-refractivity contribution < 1.29 is 0 Å². The monoisotopic (exact) mass is 118 g/mol. The Morgan fingerprint density at radius 1 is 1.86 bits per heavy atom. The highest BCUT2D eigenvalue weighted by molar-refractivity contribution is 7.80. The van der Waals surface area contributed by atoms with Crippen molar-refractivity contribution in [1.29, 1.82) is 0 Å². The third-order valence-corrected chi connectivity index (χ3v) is 0.835. The van der Waals surface area contributed by atoms with Crippen LogP contribution in [0.5, 0.6) is 0 Å². The van der Waals surface area contributed by atoms with Gasteiger partial charge in [-0.1, -0.05) is 0 Å². The minimum Gasteiger partial charge on any atom is -0.369 e. The molecule has 4 N–H and O–H groups in total. The molecule has 7 heavy (non-hydrogen) atoms. The van der Waals surface area contributed by atoms with Gasteiger partial charge in [0.05, 0.1) is 0 Å². The summed E-state index contributed by atoms with van der Waals surface area (Å²) in [5, 5.41) is 0. The van der Waals surface area contributed by atoms with E-state index in [1.54, 1.807) is 0 Å². The van der Waals surface area contributed by atoms with Crippen LogP contribution in [0.2, 0.25) is 0 Å². The molecule has 0 aromatic carbocycles. The number of aliphatic imine (C=N–C) groups is 1. The Balaban J connectivity index is 2.50. The zero-order valence-corrected chi connectivity index (χ0v) is 4.44. The molecule has 0 saturated carbocycles. The zero-order valence-electron chi connectivity index (χ0n) is 3.55. The lowest BCUT2D eigenvalue weighted by molar-refractivity contribution is 0.691. The molecule has 40 valence electrons. The van der Waals surface area contributed by atoms with Gasteiger partial charge in [-0.15, -0.1) is 12.6 Å². The molecule has 1 rings (SSSR count). The second kappa shape index (κ2) is 1.59. The molecule has 0 saturated heterocycles. The number of nitrogens with one attached hydrogen (secondary N) is 2. The number of rotatable bonds is 0.